The van der Waals surface area contributed by atoms with Crippen LogP contribution in [0.25, 0.3) is 0 Å². The van der Waals surface area contributed by atoms with Gasteiger partial charge < -0.3 is 10.5 Å². The second-order valence-corrected chi connectivity index (χ2v) is 5.16. The van der Waals surface area contributed by atoms with Crippen LogP contribution in [0.4, 0.5) is 8.78 Å². The van der Waals surface area contributed by atoms with E-state index in [2.05, 4.69) is 0 Å². The van der Waals surface area contributed by atoms with Crippen LogP contribution in [-0.4, -0.2) is 32.1 Å². The highest BCUT2D eigenvalue weighted by atomic mass is 19.1. The summed E-state index contributed by atoms with van der Waals surface area (Å²) in [4.78, 5) is 1.97. The first-order valence-corrected chi connectivity index (χ1v) is 6.44. The molecule has 0 spiro atoms. The molecule has 5 heteroatoms. The Morgan fingerprint density at radius 3 is 2.74 bits per heavy atom. The van der Waals surface area contributed by atoms with Gasteiger partial charge in [0.2, 0.25) is 0 Å². The van der Waals surface area contributed by atoms with Crippen LogP contribution in [-0.2, 0) is 11.3 Å². The van der Waals surface area contributed by atoms with Gasteiger partial charge in [0.05, 0.1) is 6.61 Å². The average Bonchev–Trinajstić information content (AvgIpc) is 2.75. The molecule has 0 saturated carbocycles. The Morgan fingerprint density at radius 2 is 2.16 bits per heavy atom. The van der Waals surface area contributed by atoms with Crippen LogP contribution in [0.3, 0.4) is 0 Å². The van der Waals surface area contributed by atoms with Gasteiger partial charge in [0.25, 0.3) is 0 Å². The van der Waals surface area contributed by atoms with Gasteiger partial charge >= 0.3 is 0 Å². The Kier molecular flexibility index (Phi) is 4.50. The van der Waals surface area contributed by atoms with Crippen LogP contribution in [0.5, 0.6) is 0 Å². The summed E-state index contributed by atoms with van der Waals surface area (Å²) in [7, 11) is 3.37. The van der Waals surface area contributed by atoms with Gasteiger partial charge in [-0.3, -0.25) is 4.90 Å². The van der Waals surface area contributed by atoms with Crippen molar-refractivity contribution >= 4 is 0 Å². The number of hydrogen-bond donors (Lipinski definition) is 1. The van der Waals surface area contributed by atoms with Gasteiger partial charge in [-0.05, 0) is 32.0 Å². The van der Waals surface area contributed by atoms with Crippen LogP contribution < -0.4 is 5.73 Å². The normalized spacial score (nSPS) is 24.1. The molecule has 1 aliphatic rings. The molecule has 1 heterocycles. The predicted octanol–water partition coefficient (Wildman–Crippen LogP) is 2.06. The third kappa shape index (κ3) is 2.78. The zero-order valence-electron chi connectivity index (χ0n) is 11.3. The lowest BCUT2D eigenvalue weighted by Gasteiger charge is -2.21. The van der Waals surface area contributed by atoms with Crippen molar-refractivity contribution in [1.82, 2.24) is 4.90 Å². The number of benzene rings is 1. The lowest BCUT2D eigenvalue weighted by Crippen LogP contribution is -2.22. The molecule has 1 aliphatic heterocycles. The molecule has 0 bridgehead atoms. The summed E-state index contributed by atoms with van der Waals surface area (Å²) in [5.41, 5.74) is 6.19. The molecule has 2 rings (SSSR count). The number of ether oxygens (including phenoxy) is 1. The van der Waals surface area contributed by atoms with E-state index in [1.165, 1.54) is 19.2 Å². The second kappa shape index (κ2) is 5.94. The van der Waals surface area contributed by atoms with Gasteiger partial charge in [0.15, 0.2) is 0 Å². The average molecular weight is 270 g/mol. The van der Waals surface area contributed by atoms with Crippen LogP contribution >= 0.6 is 0 Å². The van der Waals surface area contributed by atoms with E-state index >= 15 is 0 Å². The van der Waals surface area contributed by atoms with Crippen molar-refractivity contribution in [2.45, 2.75) is 19.1 Å². The van der Waals surface area contributed by atoms with E-state index in [-0.39, 0.29) is 18.2 Å². The molecule has 0 amide bonds. The van der Waals surface area contributed by atoms with Crippen molar-refractivity contribution in [2.75, 3.05) is 27.2 Å². The smallest absolute Gasteiger partial charge is 0.136 e. The minimum absolute atomic E-state index is 0.146. The third-order valence-corrected chi connectivity index (χ3v) is 3.81. The molecule has 1 saturated heterocycles. The Labute approximate surface area is 112 Å². The fourth-order valence-corrected chi connectivity index (χ4v) is 2.80. The summed E-state index contributed by atoms with van der Waals surface area (Å²) in [6.45, 7) is 1.46. The highest BCUT2D eigenvalue weighted by Crippen LogP contribution is 2.37. The first kappa shape index (κ1) is 14.4. The summed E-state index contributed by atoms with van der Waals surface area (Å²) in [6, 6.07) is 2.51. The van der Waals surface area contributed by atoms with Gasteiger partial charge in [-0.2, -0.15) is 0 Å². The van der Waals surface area contributed by atoms with Crippen molar-refractivity contribution in [2.24, 2.45) is 11.7 Å². The number of likely N-dealkylation sites (tertiary alicyclic amines) is 1. The van der Waals surface area contributed by atoms with E-state index in [0.29, 0.717) is 24.4 Å². The van der Waals surface area contributed by atoms with Gasteiger partial charge in [0.1, 0.15) is 11.6 Å². The fourth-order valence-electron chi connectivity index (χ4n) is 2.80. The molecule has 1 fully saturated rings. The van der Waals surface area contributed by atoms with Crippen LogP contribution in [0, 0.1) is 17.6 Å². The standard InChI is InChI=1S/C14H20F2N2O/c1-18-7-9(6-17)5-12(18)13-11(15)4-3-10(8-19-2)14(13)16/h3-4,9,12H,5-8,17H2,1-2H3. The van der Waals surface area contributed by atoms with E-state index in [1.54, 1.807) is 0 Å². The highest BCUT2D eigenvalue weighted by molar-refractivity contribution is 5.30. The zero-order valence-corrected chi connectivity index (χ0v) is 11.3. The SMILES string of the molecule is COCc1ccc(F)c(C2CC(CN)CN2C)c1F. The predicted molar refractivity (Wildman–Crippen MR) is 69.6 cm³/mol. The fraction of sp³-hybridized carbons (Fsp3) is 0.571. The van der Waals surface area contributed by atoms with Crippen molar-refractivity contribution in [3.05, 3.63) is 34.9 Å². The van der Waals surface area contributed by atoms with E-state index in [0.717, 1.165) is 6.54 Å². The monoisotopic (exact) mass is 270 g/mol. The quantitative estimate of drug-likeness (QED) is 0.910. The minimum atomic E-state index is -0.494. The molecule has 0 radical (unpaired) electrons. The van der Waals surface area contributed by atoms with Crippen LogP contribution in [0.2, 0.25) is 0 Å². The molecular formula is C14H20F2N2O. The minimum Gasteiger partial charge on any atom is -0.380 e. The van der Waals surface area contributed by atoms with Gasteiger partial charge in [-0.1, -0.05) is 6.07 Å². The summed E-state index contributed by atoms with van der Waals surface area (Å²) < 4.78 is 33.3. The Bertz CT molecular complexity index is 453. The number of hydrogen-bond acceptors (Lipinski definition) is 3. The Hall–Kier alpha value is -1.04. The molecule has 1 aromatic carbocycles. The molecule has 2 unspecified atom stereocenters. The topological polar surface area (TPSA) is 38.5 Å². The second-order valence-electron chi connectivity index (χ2n) is 5.16. The van der Waals surface area contributed by atoms with Crippen molar-refractivity contribution in [3.8, 4) is 0 Å². The molecule has 0 aliphatic carbocycles. The van der Waals surface area contributed by atoms with Gasteiger partial charge in [0, 0.05) is 30.8 Å². The van der Waals surface area contributed by atoms with Crippen LogP contribution in [0.15, 0.2) is 12.1 Å². The van der Waals surface area contributed by atoms with Crippen molar-refractivity contribution in [1.29, 1.82) is 0 Å². The number of nitrogens with zero attached hydrogens (tertiary/aromatic N) is 1. The molecule has 19 heavy (non-hydrogen) atoms. The van der Waals surface area contributed by atoms with E-state index in [9.17, 15) is 8.78 Å². The summed E-state index contributed by atoms with van der Waals surface area (Å²) >= 11 is 0. The highest BCUT2D eigenvalue weighted by Gasteiger charge is 2.34. The van der Waals surface area contributed by atoms with Crippen molar-refractivity contribution < 1.29 is 13.5 Å². The van der Waals surface area contributed by atoms with Gasteiger partial charge in [-0.15, -0.1) is 0 Å². The molecule has 2 N–H and O–H groups in total. The molecule has 0 aromatic heterocycles. The van der Waals surface area contributed by atoms with Crippen molar-refractivity contribution in [3.63, 3.8) is 0 Å². The number of halogens is 2. The maximum Gasteiger partial charge on any atom is 0.136 e. The Morgan fingerprint density at radius 1 is 1.42 bits per heavy atom. The first-order valence-electron chi connectivity index (χ1n) is 6.44. The molecule has 106 valence electrons. The largest absolute Gasteiger partial charge is 0.380 e. The van der Waals surface area contributed by atoms with E-state index in [4.69, 9.17) is 10.5 Å². The number of nitrogens with two attached hydrogens (primary N) is 1. The van der Waals surface area contributed by atoms with Gasteiger partial charge in [-0.25, -0.2) is 8.78 Å². The van der Waals surface area contributed by atoms with Crippen LogP contribution in [0.1, 0.15) is 23.6 Å². The third-order valence-electron chi connectivity index (χ3n) is 3.81. The summed E-state index contributed by atoms with van der Waals surface area (Å²) in [6.07, 6.45) is 0.692. The molecule has 1 aromatic rings. The van der Waals surface area contributed by atoms with E-state index < -0.39 is 11.6 Å². The zero-order chi connectivity index (χ0) is 14.0. The number of rotatable bonds is 4. The molecular weight excluding hydrogens is 250 g/mol. The first-order chi connectivity index (χ1) is 9.08. The Balaban J connectivity index is 2.36. The lowest BCUT2D eigenvalue weighted by molar-refractivity contribution is 0.180. The lowest BCUT2D eigenvalue weighted by atomic mass is 9.97. The molecule has 3 nitrogen and oxygen atoms in total. The maximum atomic E-state index is 14.4. The summed E-state index contributed by atoms with van der Waals surface area (Å²) in [5.74, 6) is -0.692. The number of methoxy groups -OCH3 is 1. The summed E-state index contributed by atoms with van der Waals surface area (Å²) in [5, 5.41) is 0. The molecule has 2 atom stereocenters. The van der Waals surface area contributed by atoms with E-state index in [1.807, 2.05) is 11.9 Å². The maximum absolute atomic E-state index is 14.4.